The lowest BCUT2D eigenvalue weighted by molar-refractivity contribution is 0.242. The number of nitrogens with one attached hydrogen (secondary N) is 1. The molecular weight excluding hydrogens is 382 g/mol. The lowest BCUT2D eigenvalue weighted by Gasteiger charge is -2.11. The second-order valence-electron chi connectivity index (χ2n) is 6.00. The number of nitrogens with zero attached hydrogens (tertiary/aromatic N) is 2. The van der Waals surface area contributed by atoms with Crippen molar-refractivity contribution in [3.8, 4) is 22.8 Å². The van der Waals surface area contributed by atoms with E-state index in [-0.39, 0.29) is 6.10 Å². The highest BCUT2D eigenvalue weighted by Gasteiger charge is 2.06. The summed E-state index contributed by atoms with van der Waals surface area (Å²) in [6.45, 7) is 3.92. The van der Waals surface area contributed by atoms with E-state index in [4.69, 9.17) is 21.1 Å². The van der Waals surface area contributed by atoms with Crippen LogP contribution >= 0.6 is 22.9 Å². The minimum atomic E-state index is 0.0763. The van der Waals surface area contributed by atoms with Gasteiger partial charge in [-0.25, -0.2) is 4.98 Å². The van der Waals surface area contributed by atoms with Crippen molar-refractivity contribution >= 4 is 34.3 Å². The summed E-state index contributed by atoms with van der Waals surface area (Å²) in [7, 11) is 1.65. The molecule has 0 bridgehead atoms. The highest BCUT2D eigenvalue weighted by Crippen LogP contribution is 2.28. The second kappa shape index (κ2) is 8.88. The van der Waals surface area contributed by atoms with Crippen molar-refractivity contribution in [1.82, 2.24) is 4.98 Å². The SMILES string of the molecule is COc1cccc(-c2csc(N/N=C\c3ccc(OC(C)C)c(Cl)c3)n2)c1. The van der Waals surface area contributed by atoms with Crippen LogP contribution in [0.5, 0.6) is 11.5 Å². The molecule has 1 N–H and O–H groups in total. The molecule has 0 saturated heterocycles. The summed E-state index contributed by atoms with van der Waals surface area (Å²) < 4.78 is 10.9. The summed E-state index contributed by atoms with van der Waals surface area (Å²) in [5.41, 5.74) is 5.68. The van der Waals surface area contributed by atoms with Crippen molar-refractivity contribution < 1.29 is 9.47 Å². The molecule has 0 spiro atoms. The Morgan fingerprint density at radius 3 is 2.81 bits per heavy atom. The first-order valence-electron chi connectivity index (χ1n) is 8.40. The zero-order chi connectivity index (χ0) is 19.2. The van der Waals surface area contributed by atoms with Crippen LogP contribution in [0, 0.1) is 0 Å². The molecule has 27 heavy (non-hydrogen) atoms. The van der Waals surface area contributed by atoms with Gasteiger partial charge in [0.2, 0.25) is 5.13 Å². The highest BCUT2D eigenvalue weighted by atomic mass is 35.5. The van der Waals surface area contributed by atoms with Gasteiger partial charge in [-0.1, -0.05) is 23.7 Å². The third-order valence-electron chi connectivity index (χ3n) is 3.56. The van der Waals surface area contributed by atoms with E-state index in [1.54, 1.807) is 13.3 Å². The molecule has 3 rings (SSSR count). The van der Waals surface area contributed by atoms with Crippen LogP contribution in [0.2, 0.25) is 5.02 Å². The Morgan fingerprint density at radius 2 is 2.07 bits per heavy atom. The molecule has 0 unspecified atom stereocenters. The van der Waals surface area contributed by atoms with E-state index in [1.165, 1.54) is 11.3 Å². The van der Waals surface area contributed by atoms with E-state index < -0.39 is 0 Å². The summed E-state index contributed by atoms with van der Waals surface area (Å²) in [4.78, 5) is 4.54. The maximum atomic E-state index is 6.24. The molecule has 0 aliphatic carbocycles. The predicted octanol–water partition coefficient (Wildman–Crippen LogP) is 5.71. The monoisotopic (exact) mass is 401 g/mol. The van der Waals surface area contributed by atoms with E-state index in [1.807, 2.05) is 61.7 Å². The zero-order valence-corrected chi connectivity index (χ0v) is 16.8. The van der Waals surface area contributed by atoms with Gasteiger partial charge in [0.15, 0.2) is 0 Å². The molecule has 0 aliphatic heterocycles. The van der Waals surface area contributed by atoms with Gasteiger partial charge >= 0.3 is 0 Å². The molecule has 0 saturated carbocycles. The first-order chi connectivity index (χ1) is 13.0. The van der Waals surface area contributed by atoms with E-state index >= 15 is 0 Å². The molecule has 0 aliphatic rings. The summed E-state index contributed by atoms with van der Waals surface area (Å²) in [6.07, 6.45) is 1.77. The van der Waals surface area contributed by atoms with Crippen LogP contribution < -0.4 is 14.9 Å². The number of halogens is 1. The zero-order valence-electron chi connectivity index (χ0n) is 15.3. The van der Waals surface area contributed by atoms with Gasteiger partial charge in [0.05, 0.1) is 30.1 Å². The van der Waals surface area contributed by atoms with Crippen LogP contribution in [0.1, 0.15) is 19.4 Å². The number of rotatable bonds is 7. The number of hydrogen-bond acceptors (Lipinski definition) is 6. The second-order valence-corrected chi connectivity index (χ2v) is 7.26. The Balaban J connectivity index is 1.65. The quantitative estimate of drug-likeness (QED) is 0.407. The normalized spacial score (nSPS) is 11.1. The topological polar surface area (TPSA) is 55.7 Å². The number of hydrazone groups is 1. The molecule has 7 heteroatoms. The fraction of sp³-hybridized carbons (Fsp3) is 0.200. The largest absolute Gasteiger partial charge is 0.497 e. The van der Waals surface area contributed by atoms with Crippen molar-refractivity contribution in [1.29, 1.82) is 0 Å². The molecule has 3 aromatic rings. The average molecular weight is 402 g/mol. The number of benzene rings is 2. The van der Waals surface area contributed by atoms with Crippen LogP contribution in [0.4, 0.5) is 5.13 Å². The van der Waals surface area contributed by atoms with Gasteiger partial charge in [-0.05, 0) is 49.7 Å². The third kappa shape index (κ3) is 5.21. The Bertz CT molecular complexity index is 940. The Morgan fingerprint density at radius 1 is 1.22 bits per heavy atom. The molecule has 140 valence electrons. The van der Waals surface area contributed by atoms with Crippen LogP contribution in [0.15, 0.2) is 52.9 Å². The van der Waals surface area contributed by atoms with E-state index in [0.29, 0.717) is 15.9 Å². The molecule has 1 aromatic heterocycles. The first-order valence-corrected chi connectivity index (χ1v) is 9.66. The molecule has 0 amide bonds. The number of ether oxygens (including phenoxy) is 2. The maximum absolute atomic E-state index is 6.24. The van der Waals surface area contributed by atoms with Crippen molar-refractivity contribution in [2.75, 3.05) is 12.5 Å². The summed E-state index contributed by atoms with van der Waals surface area (Å²) in [5, 5.41) is 7.47. The Kier molecular flexibility index (Phi) is 6.32. The summed E-state index contributed by atoms with van der Waals surface area (Å²) in [5.74, 6) is 1.47. The number of thiazole rings is 1. The number of methoxy groups -OCH3 is 1. The highest BCUT2D eigenvalue weighted by molar-refractivity contribution is 7.14. The molecule has 0 atom stereocenters. The molecule has 0 radical (unpaired) electrons. The van der Waals surface area contributed by atoms with Crippen molar-refractivity contribution in [2.45, 2.75) is 20.0 Å². The third-order valence-corrected chi connectivity index (χ3v) is 4.60. The summed E-state index contributed by atoms with van der Waals surface area (Å²) in [6, 6.07) is 13.3. The van der Waals surface area contributed by atoms with Gasteiger partial charge in [0, 0.05) is 10.9 Å². The van der Waals surface area contributed by atoms with Gasteiger partial charge in [0.1, 0.15) is 11.5 Å². The summed E-state index contributed by atoms with van der Waals surface area (Å²) >= 11 is 7.72. The van der Waals surface area contributed by atoms with Crippen molar-refractivity contribution in [3.05, 3.63) is 58.4 Å². The van der Waals surface area contributed by atoms with Gasteiger partial charge in [-0.2, -0.15) is 5.10 Å². The average Bonchev–Trinajstić information content (AvgIpc) is 3.13. The van der Waals surface area contributed by atoms with Gasteiger partial charge in [0.25, 0.3) is 0 Å². The molecule has 1 heterocycles. The molecule has 2 aromatic carbocycles. The lowest BCUT2D eigenvalue weighted by Crippen LogP contribution is -2.05. The molecular formula is C20H20ClN3O2S. The van der Waals surface area contributed by atoms with Crippen LogP contribution in [0.3, 0.4) is 0 Å². The Labute approximate surface area is 167 Å². The minimum Gasteiger partial charge on any atom is -0.497 e. The molecule has 0 fully saturated rings. The van der Waals surface area contributed by atoms with Crippen LogP contribution in [0.25, 0.3) is 11.3 Å². The standard InChI is InChI=1S/C20H20ClN3O2S/c1-13(2)26-19-8-7-14(9-17(19)21)11-22-24-20-23-18(12-27-20)15-5-4-6-16(10-15)25-3/h4-13H,1-3H3,(H,23,24)/b22-11-. The van der Waals surface area contributed by atoms with E-state index in [0.717, 1.165) is 22.6 Å². The first kappa shape index (κ1) is 19.2. The number of aromatic nitrogens is 1. The molecule has 5 nitrogen and oxygen atoms in total. The van der Waals surface area contributed by atoms with Crippen LogP contribution in [-0.4, -0.2) is 24.4 Å². The fourth-order valence-electron chi connectivity index (χ4n) is 2.35. The number of anilines is 1. The smallest absolute Gasteiger partial charge is 0.203 e. The van der Waals surface area contributed by atoms with Crippen molar-refractivity contribution in [3.63, 3.8) is 0 Å². The van der Waals surface area contributed by atoms with Gasteiger partial charge in [-0.3, -0.25) is 5.43 Å². The minimum absolute atomic E-state index is 0.0763. The van der Waals surface area contributed by atoms with Gasteiger partial charge < -0.3 is 9.47 Å². The van der Waals surface area contributed by atoms with Crippen LogP contribution in [-0.2, 0) is 0 Å². The predicted molar refractivity (Wildman–Crippen MR) is 113 cm³/mol. The Hall–Kier alpha value is -2.57. The van der Waals surface area contributed by atoms with E-state index in [2.05, 4.69) is 15.5 Å². The van der Waals surface area contributed by atoms with Gasteiger partial charge in [-0.15, -0.1) is 11.3 Å². The fourth-order valence-corrected chi connectivity index (χ4v) is 3.25. The van der Waals surface area contributed by atoms with Crippen molar-refractivity contribution in [2.24, 2.45) is 5.10 Å². The maximum Gasteiger partial charge on any atom is 0.203 e. The van der Waals surface area contributed by atoms with E-state index in [9.17, 15) is 0 Å². The number of hydrogen-bond donors (Lipinski definition) is 1. The lowest BCUT2D eigenvalue weighted by atomic mass is 10.2.